The molecule has 4 rings (SSSR count). The van der Waals surface area contributed by atoms with Crippen molar-refractivity contribution in [1.29, 1.82) is 0 Å². The summed E-state index contributed by atoms with van der Waals surface area (Å²) in [7, 11) is 0. The number of nitro benzene ring substituents is 1. The van der Waals surface area contributed by atoms with E-state index in [0.717, 1.165) is 17.4 Å². The molecular weight excluding hydrogens is 526 g/mol. The van der Waals surface area contributed by atoms with Crippen molar-refractivity contribution in [1.82, 2.24) is 0 Å². The molecule has 2 aliphatic heterocycles. The Labute approximate surface area is 201 Å². The lowest BCUT2D eigenvalue weighted by Crippen LogP contribution is -2.36. The molecule has 0 radical (unpaired) electrons. The third kappa shape index (κ3) is 4.63. The first kappa shape index (κ1) is 22.2. The molecule has 0 unspecified atom stereocenters. The molecule has 2 fully saturated rings. The van der Waals surface area contributed by atoms with Gasteiger partial charge >= 0.3 is 0 Å². The number of nitro groups is 1. The third-order valence-corrected chi connectivity index (χ3v) is 7.35. The number of non-ortho nitro benzene ring substituents is 1. The fraction of sp³-hybridized carbons (Fsp3) is 0.200. The van der Waals surface area contributed by atoms with E-state index in [1.165, 1.54) is 17.0 Å². The molecule has 0 spiro atoms. The van der Waals surface area contributed by atoms with Crippen LogP contribution in [0.4, 0.5) is 17.1 Å². The van der Waals surface area contributed by atoms with Crippen molar-refractivity contribution < 1.29 is 14.5 Å². The molecular formula is C20H15BrClN3O4S2. The van der Waals surface area contributed by atoms with Crippen LogP contribution >= 0.6 is 51.5 Å². The number of ether oxygens (including phenoxy) is 1. The number of carbonyl (C=O) groups is 1. The van der Waals surface area contributed by atoms with Crippen LogP contribution in [0, 0.1) is 10.1 Å². The van der Waals surface area contributed by atoms with Crippen LogP contribution in [0.2, 0.25) is 5.02 Å². The third-order valence-electron chi connectivity index (χ3n) is 4.82. The Balaban J connectivity index is 1.72. The average Bonchev–Trinajstić information content (AvgIpc) is 3.03. The number of benzene rings is 2. The molecule has 11 heteroatoms. The summed E-state index contributed by atoms with van der Waals surface area (Å²) in [5.41, 5.74) is 1.92. The number of rotatable bonds is 4. The molecule has 2 saturated heterocycles. The molecule has 0 N–H and O–H groups in total. The normalized spacial score (nSPS) is 18.2. The predicted molar refractivity (Wildman–Crippen MR) is 131 cm³/mol. The van der Waals surface area contributed by atoms with E-state index < -0.39 is 4.92 Å². The summed E-state index contributed by atoms with van der Waals surface area (Å²) in [6, 6.07) is 9.81. The molecule has 31 heavy (non-hydrogen) atoms. The number of thiocarbonyl (C=S) groups is 1. The molecule has 0 aromatic heterocycles. The van der Waals surface area contributed by atoms with Crippen LogP contribution in [0.3, 0.4) is 0 Å². The van der Waals surface area contributed by atoms with Gasteiger partial charge in [0.05, 0.1) is 33.8 Å². The molecule has 2 heterocycles. The molecule has 0 saturated carbocycles. The van der Waals surface area contributed by atoms with E-state index in [-0.39, 0.29) is 11.6 Å². The minimum atomic E-state index is -0.449. The lowest BCUT2D eigenvalue weighted by atomic mass is 10.1. The SMILES string of the molecule is O=C1/C(=C/c2cc([N+](=O)[O-])ccc2N2CCOCC2)SC(=S)N1c1ccc(Br)c(Cl)c1. The summed E-state index contributed by atoms with van der Waals surface area (Å²) in [5, 5.41) is 11.8. The number of hydrogen-bond acceptors (Lipinski definition) is 7. The molecule has 2 aromatic rings. The highest BCUT2D eigenvalue weighted by Crippen LogP contribution is 2.39. The van der Waals surface area contributed by atoms with Crippen molar-refractivity contribution in [2.75, 3.05) is 36.1 Å². The molecule has 0 bridgehead atoms. The van der Waals surface area contributed by atoms with E-state index in [1.807, 2.05) is 0 Å². The van der Waals surface area contributed by atoms with Gasteiger partial charge in [0, 0.05) is 40.9 Å². The van der Waals surface area contributed by atoms with Gasteiger partial charge in [-0.2, -0.15) is 0 Å². The highest BCUT2D eigenvalue weighted by molar-refractivity contribution is 9.10. The Morgan fingerprint density at radius 3 is 2.65 bits per heavy atom. The van der Waals surface area contributed by atoms with Gasteiger partial charge in [0.2, 0.25) is 0 Å². The van der Waals surface area contributed by atoms with Crippen molar-refractivity contribution in [3.05, 3.63) is 66.5 Å². The topological polar surface area (TPSA) is 75.9 Å². The Morgan fingerprint density at radius 1 is 1.23 bits per heavy atom. The summed E-state index contributed by atoms with van der Waals surface area (Å²) in [4.78, 5) is 27.9. The highest BCUT2D eigenvalue weighted by Gasteiger charge is 2.34. The number of halogens is 2. The second-order valence-electron chi connectivity index (χ2n) is 6.72. The zero-order valence-corrected chi connectivity index (χ0v) is 19.9. The van der Waals surface area contributed by atoms with Crippen molar-refractivity contribution in [2.24, 2.45) is 0 Å². The van der Waals surface area contributed by atoms with E-state index in [4.69, 9.17) is 28.6 Å². The zero-order valence-electron chi connectivity index (χ0n) is 15.9. The summed E-state index contributed by atoms with van der Waals surface area (Å²) in [5.74, 6) is -0.298. The smallest absolute Gasteiger partial charge is 0.270 e. The minimum absolute atomic E-state index is 0.0431. The first-order chi connectivity index (χ1) is 14.8. The van der Waals surface area contributed by atoms with Gasteiger partial charge < -0.3 is 9.64 Å². The van der Waals surface area contributed by atoms with E-state index in [9.17, 15) is 14.9 Å². The molecule has 0 aliphatic carbocycles. The van der Waals surface area contributed by atoms with Crippen LogP contribution in [0.1, 0.15) is 5.56 Å². The van der Waals surface area contributed by atoms with Crippen molar-refractivity contribution in [3.8, 4) is 0 Å². The molecule has 2 aromatic carbocycles. The average molecular weight is 541 g/mol. The number of hydrogen-bond donors (Lipinski definition) is 0. The van der Waals surface area contributed by atoms with Gasteiger partial charge in [-0.25, -0.2) is 0 Å². The number of nitrogens with zero attached hydrogens (tertiary/aromatic N) is 3. The Morgan fingerprint density at radius 2 is 1.97 bits per heavy atom. The number of anilines is 2. The molecule has 0 atom stereocenters. The first-order valence-electron chi connectivity index (χ1n) is 9.19. The fourth-order valence-corrected chi connectivity index (χ4v) is 5.03. The summed E-state index contributed by atoms with van der Waals surface area (Å²) >= 11 is 16.1. The van der Waals surface area contributed by atoms with Gasteiger partial charge in [0.25, 0.3) is 11.6 Å². The van der Waals surface area contributed by atoms with Gasteiger partial charge in [-0.05, 0) is 46.3 Å². The lowest BCUT2D eigenvalue weighted by Gasteiger charge is -2.30. The van der Waals surface area contributed by atoms with Crippen molar-refractivity contribution in [3.63, 3.8) is 0 Å². The van der Waals surface area contributed by atoms with Crippen LogP contribution < -0.4 is 9.80 Å². The minimum Gasteiger partial charge on any atom is -0.378 e. The largest absolute Gasteiger partial charge is 0.378 e. The second-order valence-corrected chi connectivity index (χ2v) is 9.65. The number of thioether (sulfide) groups is 1. The van der Waals surface area contributed by atoms with E-state index >= 15 is 0 Å². The van der Waals surface area contributed by atoms with Crippen LogP contribution in [0.5, 0.6) is 0 Å². The maximum Gasteiger partial charge on any atom is 0.270 e. The molecule has 7 nitrogen and oxygen atoms in total. The Hall–Kier alpha value is -1.98. The zero-order chi connectivity index (χ0) is 22.1. The van der Waals surface area contributed by atoms with Gasteiger partial charge in [-0.15, -0.1) is 0 Å². The maximum absolute atomic E-state index is 13.2. The van der Waals surface area contributed by atoms with Crippen LogP contribution in [-0.2, 0) is 9.53 Å². The summed E-state index contributed by atoms with van der Waals surface area (Å²) < 4.78 is 6.49. The van der Waals surface area contributed by atoms with E-state index in [2.05, 4.69) is 20.8 Å². The van der Waals surface area contributed by atoms with E-state index in [1.54, 1.807) is 30.3 Å². The van der Waals surface area contributed by atoms with Crippen molar-refractivity contribution in [2.45, 2.75) is 0 Å². The van der Waals surface area contributed by atoms with Gasteiger partial charge in [-0.1, -0.05) is 35.6 Å². The van der Waals surface area contributed by atoms with E-state index in [0.29, 0.717) is 56.3 Å². The van der Waals surface area contributed by atoms with Gasteiger partial charge in [0.1, 0.15) is 0 Å². The number of amides is 1. The fourth-order valence-electron chi connectivity index (χ4n) is 3.32. The lowest BCUT2D eigenvalue weighted by molar-refractivity contribution is -0.384. The quantitative estimate of drug-likeness (QED) is 0.227. The van der Waals surface area contributed by atoms with Crippen LogP contribution in [-0.4, -0.2) is 41.5 Å². The predicted octanol–water partition coefficient (Wildman–Crippen LogP) is 5.25. The first-order valence-corrected chi connectivity index (χ1v) is 11.6. The molecule has 160 valence electrons. The summed E-state index contributed by atoms with van der Waals surface area (Å²) in [6.07, 6.45) is 1.66. The Bertz CT molecular complexity index is 1120. The highest BCUT2D eigenvalue weighted by atomic mass is 79.9. The maximum atomic E-state index is 13.2. The number of morpholine rings is 1. The summed E-state index contributed by atoms with van der Waals surface area (Å²) in [6.45, 7) is 2.47. The van der Waals surface area contributed by atoms with Crippen molar-refractivity contribution >= 4 is 84.9 Å². The second kappa shape index (κ2) is 9.25. The van der Waals surface area contributed by atoms with Crippen LogP contribution in [0.25, 0.3) is 6.08 Å². The standard InChI is InChI=1S/C20H15BrClN3O4S2/c21-15-3-1-13(11-16(15)22)24-19(26)18(31-20(24)30)10-12-9-14(25(27)28)2-4-17(12)23-5-7-29-8-6-23/h1-4,9-11H,5-8H2/b18-10-. The monoisotopic (exact) mass is 539 g/mol. The molecule has 2 aliphatic rings. The van der Waals surface area contributed by atoms with Crippen LogP contribution in [0.15, 0.2) is 45.8 Å². The van der Waals surface area contributed by atoms with Gasteiger partial charge in [-0.3, -0.25) is 19.8 Å². The number of carbonyl (C=O) groups excluding carboxylic acids is 1. The molecule has 1 amide bonds. The Kier molecular flexibility index (Phi) is 6.63. The van der Waals surface area contributed by atoms with Gasteiger partial charge in [0.15, 0.2) is 4.32 Å².